The molecule has 2 N–H and O–H groups in total. The largest absolute Gasteiger partial charge is 0.396 e. The second-order valence-corrected chi connectivity index (χ2v) is 4.93. The summed E-state index contributed by atoms with van der Waals surface area (Å²) in [4.78, 5) is 0. The van der Waals surface area contributed by atoms with Crippen molar-refractivity contribution < 1.29 is 10.2 Å². The minimum absolute atomic E-state index is 0.202. The van der Waals surface area contributed by atoms with Crippen LogP contribution in [-0.2, 0) is 0 Å². The molecule has 0 amide bonds. The highest BCUT2D eigenvalue weighted by Gasteiger charge is 2.39. The van der Waals surface area contributed by atoms with Crippen molar-refractivity contribution in [1.82, 2.24) is 0 Å². The molecule has 0 heterocycles. The first kappa shape index (κ1) is 10.2. The van der Waals surface area contributed by atoms with Gasteiger partial charge >= 0.3 is 0 Å². The summed E-state index contributed by atoms with van der Waals surface area (Å²) >= 11 is 0. The minimum Gasteiger partial charge on any atom is -0.396 e. The van der Waals surface area contributed by atoms with Crippen molar-refractivity contribution in [2.45, 2.75) is 38.2 Å². The normalized spacial score (nSPS) is 43.4. The number of fused-ring (bicyclic) bond motifs is 1. The van der Waals surface area contributed by atoms with Crippen LogP contribution in [0.2, 0.25) is 0 Å². The third-order valence-electron chi connectivity index (χ3n) is 4.01. The van der Waals surface area contributed by atoms with Crippen LogP contribution in [0.1, 0.15) is 32.1 Å². The van der Waals surface area contributed by atoms with Crippen molar-refractivity contribution in [3.8, 4) is 0 Å². The Morgan fingerprint density at radius 3 is 2.64 bits per heavy atom. The van der Waals surface area contributed by atoms with Gasteiger partial charge in [-0.15, -0.1) is 0 Å². The van der Waals surface area contributed by atoms with Gasteiger partial charge in [-0.3, -0.25) is 0 Å². The van der Waals surface area contributed by atoms with Crippen LogP contribution >= 0.6 is 0 Å². The fraction of sp³-hybridized carbons (Fsp3) is 0.833. The average molecular weight is 196 g/mol. The maximum atomic E-state index is 10.0. The summed E-state index contributed by atoms with van der Waals surface area (Å²) in [5, 5.41) is 19.3. The quantitative estimate of drug-likeness (QED) is 0.627. The van der Waals surface area contributed by atoms with E-state index >= 15 is 0 Å². The molecule has 80 valence electrons. The van der Waals surface area contributed by atoms with Gasteiger partial charge in [-0.2, -0.15) is 0 Å². The molecule has 0 unspecified atom stereocenters. The standard InChI is InChI=1S/C12H20O2/c1-8-5-9(7-13)10-3-2-4-11(10)12(14)6-8/h9-14H,1-7H2/t9-,10+,11+,12-/m1/s1. The molecule has 2 nitrogen and oxygen atoms in total. The van der Waals surface area contributed by atoms with E-state index in [1.165, 1.54) is 12.8 Å². The van der Waals surface area contributed by atoms with Gasteiger partial charge < -0.3 is 10.2 Å². The molecule has 0 aromatic carbocycles. The lowest BCUT2D eigenvalue weighted by Gasteiger charge is -2.26. The van der Waals surface area contributed by atoms with Crippen molar-refractivity contribution in [1.29, 1.82) is 0 Å². The zero-order chi connectivity index (χ0) is 10.1. The minimum atomic E-state index is -0.202. The Balaban J connectivity index is 2.16. The molecule has 2 saturated carbocycles. The van der Waals surface area contributed by atoms with E-state index < -0.39 is 0 Å². The Hall–Kier alpha value is -0.340. The Morgan fingerprint density at radius 2 is 1.93 bits per heavy atom. The number of aliphatic hydroxyl groups excluding tert-OH is 2. The van der Waals surface area contributed by atoms with Crippen molar-refractivity contribution in [3.05, 3.63) is 12.2 Å². The lowest BCUT2D eigenvalue weighted by molar-refractivity contribution is 0.0668. The summed E-state index contributed by atoms with van der Waals surface area (Å²) in [6.45, 7) is 4.24. The molecule has 0 aromatic rings. The smallest absolute Gasteiger partial charge is 0.0608 e. The van der Waals surface area contributed by atoms with E-state index in [1.807, 2.05) is 0 Å². The summed E-state index contributed by atoms with van der Waals surface area (Å²) in [7, 11) is 0. The van der Waals surface area contributed by atoms with E-state index in [9.17, 15) is 10.2 Å². The van der Waals surface area contributed by atoms with Crippen LogP contribution in [0, 0.1) is 17.8 Å². The first-order chi connectivity index (χ1) is 6.72. The maximum Gasteiger partial charge on any atom is 0.0608 e. The van der Waals surface area contributed by atoms with Crippen LogP contribution in [0.25, 0.3) is 0 Å². The number of hydrogen-bond donors (Lipinski definition) is 2. The highest BCUT2D eigenvalue weighted by Crippen LogP contribution is 2.44. The second-order valence-electron chi connectivity index (χ2n) is 4.93. The van der Waals surface area contributed by atoms with Crippen molar-refractivity contribution in [2.24, 2.45) is 17.8 Å². The van der Waals surface area contributed by atoms with Crippen molar-refractivity contribution in [3.63, 3.8) is 0 Å². The molecule has 0 aromatic heterocycles. The van der Waals surface area contributed by atoms with Crippen LogP contribution in [0.3, 0.4) is 0 Å². The summed E-state index contributed by atoms with van der Waals surface area (Å²) in [5.41, 5.74) is 1.12. The van der Waals surface area contributed by atoms with Crippen molar-refractivity contribution >= 4 is 0 Å². The molecular weight excluding hydrogens is 176 g/mol. The highest BCUT2D eigenvalue weighted by atomic mass is 16.3. The first-order valence-corrected chi connectivity index (χ1v) is 5.68. The monoisotopic (exact) mass is 196 g/mol. The van der Waals surface area contributed by atoms with Crippen LogP contribution in [0.5, 0.6) is 0 Å². The maximum absolute atomic E-state index is 10.0. The molecule has 2 rings (SSSR count). The molecule has 2 aliphatic carbocycles. The lowest BCUT2D eigenvalue weighted by atomic mass is 9.82. The molecule has 0 radical (unpaired) electrons. The highest BCUT2D eigenvalue weighted by molar-refractivity contribution is 5.05. The summed E-state index contributed by atoms with van der Waals surface area (Å²) in [5.74, 6) is 1.31. The van der Waals surface area contributed by atoms with E-state index in [0.29, 0.717) is 17.8 Å². The van der Waals surface area contributed by atoms with Gasteiger partial charge in [0.15, 0.2) is 0 Å². The number of hydrogen-bond acceptors (Lipinski definition) is 2. The van der Waals surface area contributed by atoms with Gasteiger partial charge in [-0.1, -0.05) is 18.6 Å². The molecule has 0 bridgehead atoms. The van der Waals surface area contributed by atoms with Gasteiger partial charge in [0.25, 0.3) is 0 Å². The predicted octanol–water partition coefficient (Wildman–Crippen LogP) is 1.72. The molecule has 0 aliphatic heterocycles. The molecule has 2 heteroatoms. The van der Waals surface area contributed by atoms with Crippen LogP contribution in [-0.4, -0.2) is 22.9 Å². The summed E-state index contributed by atoms with van der Waals surface area (Å²) < 4.78 is 0. The molecule has 14 heavy (non-hydrogen) atoms. The molecule has 2 aliphatic rings. The van der Waals surface area contributed by atoms with Gasteiger partial charge in [0.2, 0.25) is 0 Å². The fourth-order valence-electron chi connectivity index (χ4n) is 3.33. The zero-order valence-electron chi connectivity index (χ0n) is 8.65. The van der Waals surface area contributed by atoms with Crippen LogP contribution in [0.15, 0.2) is 12.2 Å². The van der Waals surface area contributed by atoms with Crippen molar-refractivity contribution in [2.75, 3.05) is 6.61 Å². The van der Waals surface area contributed by atoms with Gasteiger partial charge in [-0.05, 0) is 43.4 Å². The van der Waals surface area contributed by atoms with Gasteiger partial charge in [-0.25, -0.2) is 0 Å². The van der Waals surface area contributed by atoms with Crippen LogP contribution in [0.4, 0.5) is 0 Å². The molecule has 2 fully saturated rings. The number of rotatable bonds is 1. The van der Waals surface area contributed by atoms with Gasteiger partial charge in [0.1, 0.15) is 0 Å². The zero-order valence-corrected chi connectivity index (χ0v) is 8.65. The van der Waals surface area contributed by atoms with Gasteiger partial charge in [0.05, 0.1) is 6.10 Å². The second kappa shape index (κ2) is 4.03. The predicted molar refractivity (Wildman–Crippen MR) is 55.8 cm³/mol. The van der Waals surface area contributed by atoms with E-state index in [0.717, 1.165) is 24.8 Å². The third kappa shape index (κ3) is 1.73. The lowest BCUT2D eigenvalue weighted by Crippen LogP contribution is -2.27. The Kier molecular flexibility index (Phi) is 2.93. The Morgan fingerprint density at radius 1 is 1.21 bits per heavy atom. The van der Waals surface area contributed by atoms with E-state index in [1.54, 1.807) is 0 Å². The summed E-state index contributed by atoms with van der Waals surface area (Å²) in [6.07, 6.45) is 4.99. The van der Waals surface area contributed by atoms with Gasteiger partial charge in [0, 0.05) is 6.61 Å². The Labute approximate surface area is 85.6 Å². The van der Waals surface area contributed by atoms with E-state index in [2.05, 4.69) is 6.58 Å². The molecule has 4 atom stereocenters. The van der Waals surface area contributed by atoms with E-state index in [-0.39, 0.29) is 12.7 Å². The fourth-order valence-corrected chi connectivity index (χ4v) is 3.33. The SMILES string of the molecule is C=C1C[C@H](CO)[C@@H]2CCC[C@@H]2[C@H](O)C1. The third-order valence-corrected chi connectivity index (χ3v) is 4.01. The topological polar surface area (TPSA) is 40.5 Å². The molecule has 0 saturated heterocycles. The average Bonchev–Trinajstić information content (AvgIpc) is 2.58. The molecular formula is C12H20O2. The Bertz CT molecular complexity index is 224. The molecule has 0 spiro atoms. The first-order valence-electron chi connectivity index (χ1n) is 5.68. The van der Waals surface area contributed by atoms with Crippen LogP contribution < -0.4 is 0 Å². The van der Waals surface area contributed by atoms with E-state index in [4.69, 9.17) is 0 Å². The number of aliphatic hydroxyl groups is 2. The summed E-state index contributed by atoms with van der Waals surface area (Å²) in [6, 6.07) is 0.